The van der Waals surface area contributed by atoms with E-state index in [0.29, 0.717) is 23.0 Å². The van der Waals surface area contributed by atoms with Gasteiger partial charge >= 0.3 is 18.3 Å². The lowest BCUT2D eigenvalue weighted by atomic mass is 10.00. The van der Waals surface area contributed by atoms with Crippen molar-refractivity contribution in [2.24, 2.45) is 0 Å². The van der Waals surface area contributed by atoms with Crippen LogP contribution in [0.15, 0.2) is 42.1 Å². The molecule has 180 valence electrons. The molecular formula is C24H19F6NO3. The van der Waals surface area contributed by atoms with Gasteiger partial charge in [0.1, 0.15) is 5.75 Å². The summed E-state index contributed by atoms with van der Waals surface area (Å²) in [6, 6.07) is 5.32. The molecule has 0 unspecified atom stereocenters. The van der Waals surface area contributed by atoms with E-state index in [9.17, 15) is 31.1 Å². The number of carbonyl (C=O) groups excluding carboxylic acids is 1. The molecule has 1 fully saturated rings. The summed E-state index contributed by atoms with van der Waals surface area (Å²) in [5.74, 6) is -2.23. The van der Waals surface area contributed by atoms with E-state index in [0.717, 1.165) is 11.6 Å². The molecule has 10 heteroatoms. The van der Waals surface area contributed by atoms with Crippen LogP contribution in [0, 0.1) is 0 Å². The zero-order valence-electron chi connectivity index (χ0n) is 18.0. The molecule has 0 saturated carbocycles. The summed E-state index contributed by atoms with van der Waals surface area (Å²) in [5, 5.41) is 0.635. The van der Waals surface area contributed by atoms with E-state index in [-0.39, 0.29) is 30.3 Å². The van der Waals surface area contributed by atoms with Crippen molar-refractivity contribution in [1.29, 1.82) is 0 Å². The third-order valence-corrected chi connectivity index (χ3v) is 5.46. The van der Waals surface area contributed by atoms with Gasteiger partial charge < -0.3 is 14.5 Å². The van der Waals surface area contributed by atoms with Crippen LogP contribution in [-0.2, 0) is 21.9 Å². The second-order valence-corrected chi connectivity index (χ2v) is 8.20. The maximum Gasteiger partial charge on any atom is 0.420 e. The lowest BCUT2D eigenvalue weighted by molar-refractivity contribution is -0.145. The normalized spacial score (nSPS) is 16.0. The average Bonchev–Trinajstić information content (AvgIpc) is 3.33. The monoisotopic (exact) mass is 483 g/mol. The summed E-state index contributed by atoms with van der Waals surface area (Å²) in [6.45, 7) is 3.84. The van der Waals surface area contributed by atoms with Gasteiger partial charge in [-0.1, -0.05) is 13.8 Å². The maximum atomic E-state index is 13.9. The summed E-state index contributed by atoms with van der Waals surface area (Å²) < 4.78 is 93.4. The predicted octanol–water partition coefficient (Wildman–Crippen LogP) is 7.45. The van der Waals surface area contributed by atoms with Gasteiger partial charge in [-0.2, -0.15) is 26.3 Å². The van der Waals surface area contributed by atoms with Gasteiger partial charge in [0.15, 0.2) is 5.75 Å². The van der Waals surface area contributed by atoms with Crippen molar-refractivity contribution in [3.8, 4) is 11.5 Å². The van der Waals surface area contributed by atoms with Crippen LogP contribution < -0.4 is 4.74 Å². The lowest BCUT2D eigenvalue weighted by Crippen LogP contribution is -2.14. The number of aromatic amines is 1. The first-order chi connectivity index (χ1) is 15.8. The fourth-order valence-corrected chi connectivity index (χ4v) is 3.83. The molecule has 1 aromatic heterocycles. The molecule has 2 heterocycles. The Morgan fingerprint density at radius 1 is 1.03 bits per heavy atom. The molecule has 1 N–H and O–H groups in total. The number of cyclic esters (lactones) is 1. The zero-order valence-corrected chi connectivity index (χ0v) is 18.0. The topological polar surface area (TPSA) is 51.3 Å². The number of hydrogen-bond donors (Lipinski definition) is 1. The van der Waals surface area contributed by atoms with Gasteiger partial charge in [0.05, 0.1) is 17.7 Å². The summed E-state index contributed by atoms with van der Waals surface area (Å²) in [6.07, 6.45) is -7.50. The Morgan fingerprint density at radius 2 is 1.68 bits per heavy atom. The van der Waals surface area contributed by atoms with Crippen molar-refractivity contribution < 1.29 is 40.6 Å². The van der Waals surface area contributed by atoms with Crippen LogP contribution in [-0.4, -0.2) is 17.6 Å². The number of alkyl halides is 6. The quantitative estimate of drug-likeness (QED) is 0.238. The van der Waals surface area contributed by atoms with Crippen molar-refractivity contribution in [2.75, 3.05) is 6.61 Å². The molecule has 4 nitrogen and oxygen atoms in total. The lowest BCUT2D eigenvalue weighted by Gasteiger charge is -2.20. The van der Waals surface area contributed by atoms with Gasteiger partial charge in [0, 0.05) is 29.1 Å². The Hall–Kier alpha value is -3.43. The fraction of sp³-hybridized carbons (Fsp3) is 0.292. The van der Waals surface area contributed by atoms with Gasteiger partial charge in [0.2, 0.25) is 0 Å². The molecule has 1 aliphatic heterocycles. The summed E-state index contributed by atoms with van der Waals surface area (Å²) in [7, 11) is 0. The number of rotatable bonds is 4. The molecule has 0 radical (unpaired) electrons. The van der Waals surface area contributed by atoms with Crippen molar-refractivity contribution in [2.45, 2.75) is 38.5 Å². The van der Waals surface area contributed by atoms with Crippen molar-refractivity contribution in [3.05, 3.63) is 64.4 Å². The van der Waals surface area contributed by atoms with E-state index >= 15 is 0 Å². The molecule has 0 aliphatic carbocycles. The van der Waals surface area contributed by atoms with E-state index in [2.05, 4.69) is 4.98 Å². The van der Waals surface area contributed by atoms with Crippen LogP contribution in [0.5, 0.6) is 11.5 Å². The molecule has 0 spiro atoms. The van der Waals surface area contributed by atoms with E-state index in [1.54, 1.807) is 6.20 Å². The van der Waals surface area contributed by atoms with Crippen LogP contribution >= 0.6 is 0 Å². The maximum absolute atomic E-state index is 13.9. The van der Waals surface area contributed by atoms with E-state index < -0.39 is 40.8 Å². The van der Waals surface area contributed by atoms with Gasteiger partial charge in [-0.15, -0.1) is 0 Å². The van der Waals surface area contributed by atoms with Crippen LogP contribution in [0.4, 0.5) is 26.3 Å². The Balaban J connectivity index is 1.88. The van der Waals surface area contributed by atoms with E-state index in [4.69, 9.17) is 9.47 Å². The third kappa shape index (κ3) is 4.62. The molecule has 1 aliphatic rings. The number of H-pyrrole nitrogens is 1. The van der Waals surface area contributed by atoms with Crippen molar-refractivity contribution in [3.63, 3.8) is 0 Å². The third-order valence-electron chi connectivity index (χ3n) is 5.46. The van der Waals surface area contributed by atoms with Gasteiger partial charge in [0.25, 0.3) is 0 Å². The number of fused-ring (bicyclic) bond motifs is 1. The molecule has 0 bridgehead atoms. The van der Waals surface area contributed by atoms with Crippen LogP contribution in [0.2, 0.25) is 0 Å². The first-order valence-corrected chi connectivity index (χ1v) is 10.3. The molecule has 0 amide bonds. The second-order valence-electron chi connectivity index (χ2n) is 8.20. The number of esters is 1. The minimum Gasteiger partial charge on any atom is -0.462 e. The zero-order chi connectivity index (χ0) is 24.8. The SMILES string of the molecule is CC(C)c1c[nH]c2ccc(Oc3c(C(F)(F)F)cc(C=C4CCOC4=O)cc3C(F)(F)F)cc12. The molecule has 3 aromatic rings. The molecule has 4 rings (SSSR count). The number of halogens is 6. The van der Waals surface area contributed by atoms with Crippen LogP contribution in [0.1, 0.15) is 48.4 Å². The summed E-state index contributed by atoms with van der Waals surface area (Å²) >= 11 is 0. The molecule has 34 heavy (non-hydrogen) atoms. The number of carbonyl (C=O) groups is 1. The minimum atomic E-state index is -5.15. The van der Waals surface area contributed by atoms with Crippen LogP contribution in [0.3, 0.4) is 0 Å². The highest BCUT2D eigenvalue weighted by atomic mass is 19.4. The Bertz CT molecular complexity index is 1250. The molecule has 1 saturated heterocycles. The molecular weight excluding hydrogens is 464 g/mol. The van der Waals surface area contributed by atoms with Crippen molar-refractivity contribution >= 4 is 22.9 Å². The second kappa shape index (κ2) is 8.41. The highest BCUT2D eigenvalue weighted by Crippen LogP contribution is 2.47. The number of ether oxygens (including phenoxy) is 2. The first-order valence-electron chi connectivity index (χ1n) is 10.3. The number of nitrogens with one attached hydrogen (secondary N) is 1. The fourth-order valence-electron chi connectivity index (χ4n) is 3.83. The number of aromatic nitrogens is 1. The highest BCUT2D eigenvalue weighted by Gasteiger charge is 2.43. The van der Waals surface area contributed by atoms with Crippen molar-refractivity contribution in [1.82, 2.24) is 4.98 Å². The van der Waals surface area contributed by atoms with Crippen LogP contribution in [0.25, 0.3) is 17.0 Å². The largest absolute Gasteiger partial charge is 0.462 e. The highest BCUT2D eigenvalue weighted by molar-refractivity contribution is 5.95. The number of hydrogen-bond acceptors (Lipinski definition) is 3. The Morgan fingerprint density at radius 3 is 2.21 bits per heavy atom. The van der Waals surface area contributed by atoms with Gasteiger partial charge in [-0.25, -0.2) is 4.79 Å². The minimum absolute atomic E-state index is 0.00552. The van der Waals surface area contributed by atoms with Gasteiger partial charge in [-0.3, -0.25) is 0 Å². The van der Waals surface area contributed by atoms with E-state index in [1.165, 1.54) is 18.2 Å². The molecule has 0 atom stereocenters. The average molecular weight is 483 g/mol. The Labute approximate surface area is 190 Å². The van der Waals surface area contributed by atoms with Gasteiger partial charge in [-0.05, 0) is 53.5 Å². The standard InChI is InChI=1S/C24H19F6NO3/c1-12(2)17-11-31-20-4-3-15(10-16(17)20)34-21-18(23(25,26)27)8-13(9-19(21)24(28,29)30)7-14-5-6-33-22(14)32/h3-4,7-12,31H,5-6H2,1-2H3. The Kier molecular flexibility index (Phi) is 5.87. The summed E-state index contributed by atoms with van der Waals surface area (Å²) in [5.41, 5.74) is -2.11. The van der Waals surface area contributed by atoms with E-state index in [1.807, 2.05) is 13.8 Å². The smallest absolute Gasteiger partial charge is 0.420 e. The molecule has 2 aromatic carbocycles. The first kappa shape index (κ1) is 23.7. The predicted molar refractivity (Wildman–Crippen MR) is 112 cm³/mol. The summed E-state index contributed by atoms with van der Waals surface area (Å²) in [4.78, 5) is 14.7. The number of benzene rings is 2.